The van der Waals surface area contributed by atoms with Crippen molar-refractivity contribution < 1.29 is 0 Å². The van der Waals surface area contributed by atoms with Crippen LogP contribution in [0.3, 0.4) is 0 Å². The first-order valence-corrected chi connectivity index (χ1v) is 7.63. The first-order valence-electron chi connectivity index (χ1n) is 6.81. The maximum absolute atomic E-state index is 12.1. The van der Waals surface area contributed by atoms with E-state index in [2.05, 4.69) is 11.4 Å². The van der Waals surface area contributed by atoms with Gasteiger partial charge in [0.1, 0.15) is 11.9 Å². The van der Waals surface area contributed by atoms with Crippen LogP contribution in [0.1, 0.15) is 33.8 Å². The summed E-state index contributed by atoms with van der Waals surface area (Å²) in [6.45, 7) is 6.00. The van der Waals surface area contributed by atoms with E-state index in [4.69, 9.17) is 0 Å². The number of aromatic nitrogens is 2. The fourth-order valence-electron chi connectivity index (χ4n) is 2.48. The minimum atomic E-state index is -0.585. The molecule has 0 amide bonds. The standard InChI is InChI=1S/C15H18N4O2S/c1-8-6-11(10(3)22-8)9(2)17-13-12(7-16)14(20)19(5)15(21)18(13)4/h6,9,17H,1-5H3. The van der Waals surface area contributed by atoms with Crippen LogP contribution >= 0.6 is 11.3 Å². The second-order valence-electron chi connectivity index (χ2n) is 5.28. The number of nitriles is 1. The molecule has 1 unspecified atom stereocenters. The highest BCUT2D eigenvalue weighted by Gasteiger charge is 2.19. The van der Waals surface area contributed by atoms with Crippen molar-refractivity contribution in [1.29, 1.82) is 5.26 Å². The van der Waals surface area contributed by atoms with E-state index in [1.165, 1.54) is 21.4 Å². The number of hydrogen-bond donors (Lipinski definition) is 1. The van der Waals surface area contributed by atoms with Gasteiger partial charge in [0.2, 0.25) is 0 Å². The van der Waals surface area contributed by atoms with Gasteiger partial charge in [0, 0.05) is 23.8 Å². The van der Waals surface area contributed by atoms with Gasteiger partial charge in [-0.25, -0.2) is 4.79 Å². The lowest BCUT2D eigenvalue weighted by Crippen LogP contribution is -2.40. The van der Waals surface area contributed by atoms with Crippen molar-refractivity contribution in [1.82, 2.24) is 9.13 Å². The molecule has 2 aromatic rings. The molecule has 0 aliphatic carbocycles. The average Bonchev–Trinajstić information content (AvgIpc) is 2.81. The lowest BCUT2D eigenvalue weighted by atomic mass is 10.1. The number of thiophene rings is 1. The highest BCUT2D eigenvalue weighted by atomic mass is 32.1. The van der Waals surface area contributed by atoms with Gasteiger partial charge in [0.25, 0.3) is 5.56 Å². The predicted octanol–water partition coefficient (Wildman–Crippen LogP) is 1.81. The normalized spacial score (nSPS) is 12.0. The zero-order valence-electron chi connectivity index (χ0n) is 13.2. The Morgan fingerprint density at radius 1 is 1.27 bits per heavy atom. The van der Waals surface area contributed by atoms with Crippen LogP contribution in [-0.2, 0) is 14.1 Å². The van der Waals surface area contributed by atoms with Crippen molar-refractivity contribution in [3.8, 4) is 6.07 Å². The third kappa shape index (κ3) is 2.57. The van der Waals surface area contributed by atoms with Gasteiger partial charge in [-0.05, 0) is 32.4 Å². The predicted molar refractivity (Wildman–Crippen MR) is 87.5 cm³/mol. The molecule has 0 bridgehead atoms. The summed E-state index contributed by atoms with van der Waals surface area (Å²) in [6, 6.07) is 3.85. The monoisotopic (exact) mass is 318 g/mol. The molecule has 0 saturated carbocycles. The molecule has 22 heavy (non-hydrogen) atoms. The van der Waals surface area contributed by atoms with Crippen molar-refractivity contribution in [2.75, 3.05) is 5.32 Å². The smallest absolute Gasteiger partial charge is 0.332 e. The van der Waals surface area contributed by atoms with Gasteiger partial charge < -0.3 is 5.32 Å². The van der Waals surface area contributed by atoms with Crippen LogP contribution < -0.4 is 16.6 Å². The molecule has 0 aliphatic heterocycles. The van der Waals surface area contributed by atoms with Gasteiger partial charge in [-0.2, -0.15) is 5.26 Å². The van der Waals surface area contributed by atoms with Crippen molar-refractivity contribution in [2.24, 2.45) is 14.1 Å². The molecule has 0 radical (unpaired) electrons. The lowest BCUT2D eigenvalue weighted by Gasteiger charge is -2.19. The molecule has 0 aliphatic rings. The van der Waals surface area contributed by atoms with E-state index in [0.717, 1.165) is 10.1 Å². The zero-order valence-corrected chi connectivity index (χ0v) is 14.0. The second-order valence-corrected chi connectivity index (χ2v) is 6.74. The Balaban J connectivity index is 2.55. The molecule has 7 heteroatoms. The van der Waals surface area contributed by atoms with E-state index in [9.17, 15) is 14.9 Å². The summed E-state index contributed by atoms with van der Waals surface area (Å²) < 4.78 is 2.24. The largest absolute Gasteiger partial charge is 0.364 e. The van der Waals surface area contributed by atoms with Gasteiger partial charge in [0.05, 0.1) is 6.04 Å². The molecule has 0 saturated heterocycles. The quantitative estimate of drug-likeness (QED) is 0.936. The zero-order chi connectivity index (χ0) is 16.6. The van der Waals surface area contributed by atoms with Crippen LogP contribution in [0, 0.1) is 25.2 Å². The minimum Gasteiger partial charge on any atom is -0.364 e. The molecule has 2 heterocycles. The molecule has 1 atom stereocenters. The number of anilines is 1. The molecule has 0 fully saturated rings. The van der Waals surface area contributed by atoms with E-state index in [-0.39, 0.29) is 17.4 Å². The Labute approximate surface area is 132 Å². The molecule has 0 aromatic carbocycles. The summed E-state index contributed by atoms with van der Waals surface area (Å²) >= 11 is 1.69. The average molecular weight is 318 g/mol. The van der Waals surface area contributed by atoms with Crippen molar-refractivity contribution in [3.63, 3.8) is 0 Å². The first kappa shape index (κ1) is 16.0. The van der Waals surface area contributed by atoms with E-state index < -0.39 is 11.2 Å². The maximum Gasteiger partial charge on any atom is 0.332 e. The molecular formula is C15H18N4O2S. The number of nitrogens with one attached hydrogen (secondary N) is 1. The van der Waals surface area contributed by atoms with Gasteiger partial charge in [-0.15, -0.1) is 11.3 Å². The number of nitrogens with zero attached hydrogens (tertiary/aromatic N) is 3. The molecule has 116 valence electrons. The van der Waals surface area contributed by atoms with Crippen molar-refractivity contribution >= 4 is 17.2 Å². The van der Waals surface area contributed by atoms with E-state index >= 15 is 0 Å². The molecule has 2 rings (SSSR count). The third-order valence-corrected chi connectivity index (χ3v) is 4.66. The van der Waals surface area contributed by atoms with E-state index in [1.54, 1.807) is 18.4 Å². The summed E-state index contributed by atoms with van der Waals surface area (Å²) in [4.78, 5) is 26.5. The topological polar surface area (TPSA) is 79.8 Å². The number of hydrogen-bond acceptors (Lipinski definition) is 5. The summed E-state index contributed by atoms with van der Waals surface area (Å²) in [5.41, 5.74) is -0.00369. The Bertz CT molecular complexity index is 883. The fraction of sp³-hybridized carbons (Fsp3) is 0.400. The van der Waals surface area contributed by atoms with Crippen LogP contribution in [0.5, 0.6) is 0 Å². The van der Waals surface area contributed by atoms with Gasteiger partial charge >= 0.3 is 5.69 Å². The van der Waals surface area contributed by atoms with Gasteiger partial charge in [0.15, 0.2) is 5.56 Å². The SMILES string of the molecule is Cc1cc(C(C)Nc2c(C#N)c(=O)n(C)c(=O)n2C)c(C)s1. The summed E-state index contributed by atoms with van der Waals surface area (Å²) in [5, 5.41) is 12.4. The highest BCUT2D eigenvalue weighted by molar-refractivity contribution is 7.12. The Kier molecular flexibility index (Phi) is 4.24. The third-order valence-electron chi connectivity index (χ3n) is 3.68. The first-order chi connectivity index (χ1) is 10.3. The summed E-state index contributed by atoms with van der Waals surface area (Å²) in [7, 11) is 2.91. The molecule has 2 aromatic heterocycles. The van der Waals surface area contributed by atoms with Crippen LogP contribution in [0.4, 0.5) is 5.82 Å². The minimum absolute atomic E-state index is 0.0546. The Hall–Kier alpha value is -2.33. The molecule has 6 nitrogen and oxygen atoms in total. The summed E-state index contributed by atoms with van der Waals surface area (Å²) in [6.07, 6.45) is 0. The fourth-order valence-corrected chi connectivity index (χ4v) is 3.50. The van der Waals surface area contributed by atoms with E-state index in [0.29, 0.717) is 0 Å². The Morgan fingerprint density at radius 3 is 2.41 bits per heavy atom. The number of rotatable bonds is 3. The van der Waals surface area contributed by atoms with Crippen molar-refractivity contribution in [2.45, 2.75) is 26.8 Å². The molecule has 1 N–H and O–H groups in total. The maximum atomic E-state index is 12.1. The highest BCUT2D eigenvalue weighted by Crippen LogP contribution is 2.28. The van der Waals surface area contributed by atoms with Crippen LogP contribution in [0.25, 0.3) is 0 Å². The van der Waals surface area contributed by atoms with E-state index in [1.807, 2.05) is 26.8 Å². The van der Waals surface area contributed by atoms with Crippen LogP contribution in [0.15, 0.2) is 15.7 Å². The molecule has 0 spiro atoms. The van der Waals surface area contributed by atoms with Crippen LogP contribution in [-0.4, -0.2) is 9.13 Å². The van der Waals surface area contributed by atoms with Gasteiger partial charge in [-0.1, -0.05) is 0 Å². The lowest BCUT2D eigenvalue weighted by molar-refractivity contribution is 0.678. The molecular weight excluding hydrogens is 300 g/mol. The summed E-state index contributed by atoms with van der Waals surface area (Å²) in [5.74, 6) is 0.256. The number of aryl methyl sites for hydroxylation is 2. The van der Waals surface area contributed by atoms with Crippen molar-refractivity contribution in [3.05, 3.63) is 47.8 Å². The van der Waals surface area contributed by atoms with Crippen LogP contribution in [0.2, 0.25) is 0 Å². The second kappa shape index (κ2) is 5.81. The Morgan fingerprint density at radius 2 is 1.91 bits per heavy atom. The van der Waals surface area contributed by atoms with Gasteiger partial charge in [-0.3, -0.25) is 13.9 Å².